The molecule has 1 aromatic rings. The maximum absolute atomic E-state index is 12.2. The van der Waals surface area contributed by atoms with Crippen LogP contribution in [0.2, 0.25) is 0 Å². The number of nitro benzene ring substituents is 1. The summed E-state index contributed by atoms with van der Waals surface area (Å²) in [5, 5.41) is 9.20. The molecule has 0 fully saturated rings. The molecule has 0 aliphatic heterocycles. The molecule has 0 heterocycles. The largest absolute Gasteiger partial charge is 0.460 e. The molecular formula is C14H18N2O7S. The number of rotatable bonds is 5. The highest BCUT2D eigenvalue weighted by atomic mass is 32.2. The van der Waals surface area contributed by atoms with Gasteiger partial charge >= 0.3 is 5.97 Å². The van der Waals surface area contributed by atoms with E-state index in [0.717, 1.165) is 24.3 Å². The summed E-state index contributed by atoms with van der Waals surface area (Å²) < 4.78 is 29.3. The smallest absolute Gasteiger partial charge is 0.308 e. The normalized spacial score (nSPS) is 13.2. The van der Waals surface area contributed by atoms with E-state index in [4.69, 9.17) is 10.5 Å². The van der Waals surface area contributed by atoms with Crippen molar-refractivity contribution in [3.63, 3.8) is 0 Å². The number of hydrogen-bond donors (Lipinski definition) is 1. The van der Waals surface area contributed by atoms with Crippen LogP contribution < -0.4 is 5.73 Å². The van der Waals surface area contributed by atoms with Crippen molar-refractivity contribution in [1.29, 1.82) is 0 Å². The average molecular weight is 358 g/mol. The second kappa shape index (κ2) is 7.05. The van der Waals surface area contributed by atoms with Gasteiger partial charge in [0.25, 0.3) is 10.8 Å². The van der Waals surface area contributed by atoms with Crippen molar-refractivity contribution in [3.8, 4) is 0 Å². The van der Waals surface area contributed by atoms with Crippen LogP contribution in [-0.4, -0.2) is 36.1 Å². The Bertz CT molecular complexity index is 748. The van der Waals surface area contributed by atoms with Crippen molar-refractivity contribution in [2.45, 2.75) is 43.7 Å². The third-order valence-corrected chi connectivity index (χ3v) is 4.46. The van der Waals surface area contributed by atoms with Gasteiger partial charge in [0, 0.05) is 12.1 Å². The quantitative estimate of drug-likeness (QED) is 0.465. The van der Waals surface area contributed by atoms with E-state index in [-0.39, 0.29) is 5.69 Å². The Hall–Kier alpha value is -2.33. The van der Waals surface area contributed by atoms with Crippen LogP contribution in [0.15, 0.2) is 29.2 Å². The maximum atomic E-state index is 12.2. The number of carbonyl (C=O) groups excluding carboxylic acids is 2. The zero-order valence-electron chi connectivity index (χ0n) is 13.4. The molecular weight excluding hydrogens is 340 g/mol. The van der Waals surface area contributed by atoms with E-state index >= 15 is 0 Å². The lowest BCUT2D eigenvalue weighted by molar-refractivity contribution is -0.384. The lowest BCUT2D eigenvalue weighted by Gasteiger charge is -2.20. The van der Waals surface area contributed by atoms with Crippen molar-refractivity contribution >= 4 is 26.6 Å². The Morgan fingerprint density at radius 2 is 1.75 bits per heavy atom. The molecule has 0 spiro atoms. The van der Waals surface area contributed by atoms with E-state index in [9.17, 15) is 28.1 Å². The number of sulfone groups is 1. The number of nitro groups is 1. The van der Waals surface area contributed by atoms with E-state index in [1.807, 2.05) is 0 Å². The number of nitrogens with zero attached hydrogens (tertiary/aromatic N) is 1. The van der Waals surface area contributed by atoms with Crippen molar-refractivity contribution in [3.05, 3.63) is 34.4 Å². The highest BCUT2D eigenvalue weighted by molar-refractivity contribution is 8.06. The summed E-state index contributed by atoms with van der Waals surface area (Å²) in [7, 11) is -4.46. The lowest BCUT2D eigenvalue weighted by atomic mass is 10.2. The van der Waals surface area contributed by atoms with Crippen LogP contribution in [0.3, 0.4) is 0 Å². The van der Waals surface area contributed by atoms with Gasteiger partial charge in [0.2, 0.25) is 9.84 Å². The molecule has 0 saturated carbocycles. The van der Waals surface area contributed by atoms with E-state index in [1.165, 1.54) is 0 Å². The zero-order valence-corrected chi connectivity index (χ0v) is 14.2. The average Bonchev–Trinajstić information content (AvgIpc) is 2.44. The summed E-state index contributed by atoms with van der Waals surface area (Å²) in [6.45, 7) is 4.85. The van der Waals surface area contributed by atoms with Crippen molar-refractivity contribution < 1.29 is 27.7 Å². The number of ether oxygens (including phenoxy) is 1. The van der Waals surface area contributed by atoms with Crippen LogP contribution >= 0.6 is 0 Å². The second-order valence-electron chi connectivity index (χ2n) is 5.97. The molecule has 0 radical (unpaired) electrons. The number of non-ortho nitro benzene ring substituents is 1. The van der Waals surface area contributed by atoms with Gasteiger partial charge < -0.3 is 10.5 Å². The number of nitrogens with two attached hydrogens (primary N) is 1. The summed E-state index contributed by atoms with van der Waals surface area (Å²) in [5.74, 6) is -0.803. The minimum absolute atomic E-state index is 0.320. The SMILES string of the molecule is CC(C)(C)OC(=O)C[C@H](N)C(=O)S(=O)(=O)c1ccc([N+](=O)[O-])cc1. The van der Waals surface area contributed by atoms with Gasteiger partial charge in [-0.3, -0.25) is 19.7 Å². The van der Waals surface area contributed by atoms with Crippen LogP contribution in [0, 0.1) is 10.1 Å². The van der Waals surface area contributed by atoms with Gasteiger partial charge in [-0.2, -0.15) is 0 Å². The van der Waals surface area contributed by atoms with Gasteiger partial charge in [-0.15, -0.1) is 0 Å². The van der Waals surface area contributed by atoms with Gasteiger partial charge in [0.1, 0.15) is 5.60 Å². The molecule has 10 heteroatoms. The lowest BCUT2D eigenvalue weighted by Crippen LogP contribution is -2.39. The topological polar surface area (TPSA) is 147 Å². The number of carbonyl (C=O) groups is 2. The van der Waals surface area contributed by atoms with Gasteiger partial charge in [-0.1, -0.05) is 0 Å². The highest BCUT2D eigenvalue weighted by Gasteiger charge is 2.33. The molecule has 0 saturated heterocycles. The summed E-state index contributed by atoms with van der Waals surface area (Å²) >= 11 is 0. The van der Waals surface area contributed by atoms with Crippen LogP contribution in [0.25, 0.3) is 0 Å². The number of esters is 1. The van der Waals surface area contributed by atoms with Crippen molar-refractivity contribution in [1.82, 2.24) is 0 Å². The molecule has 0 aromatic heterocycles. The molecule has 2 N–H and O–H groups in total. The molecule has 0 bridgehead atoms. The Labute approximate surface area is 138 Å². The molecule has 9 nitrogen and oxygen atoms in total. The summed E-state index contributed by atoms with van der Waals surface area (Å²) in [6.07, 6.45) is -0.595. The monoisotopic (exact) mass is 358 g/mol. The first-order valence-corrected chi connectivity index (χ1v) is 8.34. The third kappa shape index (κ3) is 5.10. The molecule has 0 aliphatic rings. The number of hydrogen-bond acceptors (Lipinski definition) is 8. The molecule has 1 atom stereocenters. The van der Waals surface area contributed by atoms with Gasteiger partial charge in [-0.25, -0.2) is 8.42 Å². The van der Waals surface area contributed by atoms with Crippen LogP contribution in [0.5, 0.6) is 0 Å². The highest BCUT2D eigenvalue weighted by Crippen LogP contribution is 2.19. The number of benzene rings is 1. The standard InChI is InChI=1S/C14H18N2O7S/c1-14(2,3)23-12(17)8-11(15)13(18)24(21,22)10-6-4-9(5-7-10)16(19)20/h4-7,11H,8,15H2,1-3H3/t11-/m0/s1. The Balaban J connectivity index is 2.91. The first-order valence-electron chi connectivity index (χ1n) is 6.85. The molecule has 1 rings (SSSR count). The summed E-state index contributed by atoms with van der Waals surface area (Å²) in [5.41, 5.74) is 4.39. The fourth-order valence-corrected chi connectivity index (χ4v) is 2.92. The molecule has 0 unspecified atom stereocenters. The minimum Gasteiger partial charge on any atom is -0.460 e. The van der Waals surface area contributed by atoms with Gasteiger partial charge in [0.05, 0.1) is 22.3 Å². The predicted molar refractivity (Wildman–Crippen MR) is 83.7 cm³/mol. The molecule has 24 heavy (non-hydrogen) atoms. The fraction of sp³-hybridized carbons (Fsp3) is 0.429. The Kier molecular flexibility index (Phi) is 5.80. The first kappa shape index (κ1) is 19.7. The second-order valence-corrected chi connectivity index (χ2v) is 7.85. The van der Waals surface area contributed by atoms with Crippen LogP contribution in [-0.2, 0) is 24.2 Å². The van der Waals surface area contributed by atoms with Crippen molar-refractivity contribution in [2.24, 2.45) is 5.73 Å². The fourth-order valence-electron chi connectivity index (χ4n) is 1.71. The van der Waals surface area contributed by atoms with E-state index in [2.05, 4.69) is 0 Å². The zero-order chi connectivity index (χ0) is 18.7. The van der Waals surface area contributed by atoms with Gasteiger partial charge in [0.15, 0.2) is 0 Å². The van der Waals surface area contributed by atoms with Gasteiger partial charge in [-0.05, 0) is 32.9 Å². The molecule has 1 aromatic carbocycles. The third-order valence-electron chi connectivity index (χ3n) is 2.73. The van der Waals surface area contributed by atoms with Crippen LogP contribution in [0.4, 0.5) is 5.69 Å². The van der Waals surface area contributed by atoms with Crippen LogP contribution in [0.1, 0.15) is 27.2 Å². The Morgan fingerprint density at radius 1 is 1.25 bits per heavy atom. The summed E-state index contributed by atoms with van der Waals surface area (Å²) in [6, 6.07) is 2.19. The molecule has 0 amide bonds. The van der Waals surface area contributed by atoms with Crippen molar-refractivity contribution in [2.75, 3.05) is 0 Å². The Morgan fingerprint density at radius 3 is 2.17 bits per heavy atom. The molecule has 0 aliphatic carbocycles. The van der Waals surface area contributed by atoms with E-state index < -0.39 is 48.8 Å². The van der Waals surface area contributed by atoms with E-state index in [0.29, 0.717) is 0 Å². The first-order chi connectivity index (χ1) is 10.8. The minimum atomic E-state index is -4.46. The van der Waals surface area contributed by atoms with E-state index in [1.54, 1.807) is 20.8 Å². The summed E-state index contributed by atoms with van der Waals surface area (Å²) in [4.78, 5) is 33.1. The maximum Gasteiger partial charge on any atom is 0.308 e. The molecule has 132 valence electrons. The predicted octanol–water partition coefficient (Wildman–Crippen LogP) is 0.954.